The first kappa shape index (κ1) is 17.0. The zero-order chi connectivity index (χ0) is 18.0. The lowest BCUT2D eigenvalue weighted by molar-refractivity contribution is -0.139. The number of benzene rings is 2. The quantitative estimate of drug-likeness (QED) is 0.634. The summed E-state index contributed by atoms with van der Waals surface area (Å²) in [6, 6.07) is 12.8. The Balaban J connectivity index is 1.73. The lowest BCUT2D eigenvalue weighted by atomic mass is 10.1. The second-order valence-electron chi connectivity index (χ2n) is 6.25. The maximum absolute atomic E-state index is 12.5. The van der Waals surface area contributed by atoms with Crippen molar-refractivity contribution in [3.8, 4) is 11.5 Å². The molecular weight excluding hydrogens is 318 g/mol. The number of methoxy groups -OCH3 is 1. The molecule has 0 saturated carbocycles. The van der Waals surface area contributed by atoms with E-state index in [1.165, 1.54) is 12.7 Å². The van der Waals surface area contributed by atoms with Gasteiger partial charge in [-0.2, -0.15) is 0 Å². The van der Waals surface area contributed by atoms with E-state index >= 15 is 0 Å². The van der Waals surface area contributed by atoms with Gasteiger partial charge in [-0.3, -0.25) is 9.59 Å². The van der Waals surface area contributed by atoms with Crippen LogP contribution in [0.4, 0.5) is 5.69 Å². The maximum atomic E-state index is 12.5. The molecule has 0 unspecified atom stereocenters. The van der Waals surface area contributed by atoms with Gasteiger partial charge >= 0.3 is 5.97 Å². The molecule has 1 aliphatic heterocycles. The molecule has 2 aromatic rings. The predicted octanol–water partition coefficient (Wildman–Crippen LogP) is 3.27. The standard InChI is InChI=1S/C20H21NO4/c1-13-8-9-16(10-14(13)2)21-12-15(11-19(21)22)20(23)25-18-7-5-4-6-17(18)24-3/h4-10,15H,11-12H2,1-3H3/t15-/m1/s1. The molecule has 1 saturated heterocycles. The van der Waals surface area contributed by atoms with Crippen LogP contribution in [0.2, 0.25) is 0 Å². The first-order valence-corrected chi connectivity index (χ1v) is 8.22. The fraction of sp³-hybridized carbons (Fsp3) is 0.300. The highest BCUT2D eigenvalue weighted by molar-refractivity contribution is 5.99. The summed E-state index contributed by atoms with van der Waals surface area (Å²) < 4.78 is 10.6. The van der Waals surface area contributed by atoms with Gasteiger partial charge in [0.25, 0.3) is 0 Å². The van der Waals surface area contributed by atoms with E-state index in [2.05, 4.69) is 0 Å². The molecule has 0 radical (unpaired) electrons. The molecule has 1 atom stereocenters. The summed E-state index contributed by atoms with van der Waals surface area (Å²) in [7, 11) is 1.52. The van der Waals surface area contributed by atoms with Crippen LogP contribution in [0.1, 0.15) is 17.5 Å². The lowest BCUT2D eigenvalue weighted by Gasteiger charge is -2.18. The van der Waals surface area contributed by atoms with Crippen LogP contribution in [0.5, 0.6) is 11.5 Å². The maximum Gasteiger partial charge on any atom is 0.316 e. The van der Waals surface area contributed by atoms with Crippen LogP contribution >= 0.6 is 0 Å². The molecular formula is C20H21NO4. The van der Waals surface area contributed by atoms with E-state index in [9.17, 15) is 9.59 Å². The van der Waals surface area contributed by atoms with Crippen molar-refractivity contribution in [1.29, 1.82) is 0 Å². The average molecular weight is 339 g/mol. The van der Waals surface area contributed by atoms with Crippen molar-refractivity contribution in [2.45, 2.75) is 20.3 Å². The number of nitrogens with zero attached hydrogens (tertiary/aromatic N) is 1. The van der Waals surface area contributed by atoms with Crippen molar-refractivity contribution in [3.63, 3.8) is 0 Å². The molecule has 1 amide bonds. The molecule has 0 bridgehead atoms. The molecule has 3 rings (SSSR count). The zero-order valence-corrected chi connectivity index (χ0v) is 14.6. The third kappa shape index (κ3) is 3.50. The number of esters is 1. The zero-order valence-electron chi connectivity index (χ0n) is 14.6. The number of para-hydroxylation sites is 2. The van der Waals surface area contributed by atoms with Crippen LogP contribution in [0.3, 0.4) is 0 Å². The Morgan fingerprint density at radius 1 is 1.08 bits per heavy atom. The molecule has 0 N–H and O–H groups in total. The van der Waals surface area contributed by atoms with Crippen molar-refractivity contribution >= 4 is 17.6 Å². The van der Waals surface area contributed by atoms with E-state index in [0.717, 1.165) is 11.3 Å². The predicted molar refractivity (Wildman–Crippen MR) is 95.0 cm³/mol. The van der Waals surface area contributed by atoms with Gasteiger partial charge in [0.05, 0.1) is 13.0 Å². The minimum absolute atomic E-state index is 0.0646. The molecule has 1 heterocycles. The molecule has 0 aliphatic carbocycles. The Morgan fingerprint density at radius 2 is 1.80 bits per heavy atom. The lowest BCUT2D eigenvalue weighted by Crippen LogP contribution is -2.27. The van der Waals surface area contributed by atoms with Crippen LogP contribution in [-0.4, -0.2) is 25.5 Å². The van der Waals surface area contributed by atoms with E-state index in [1.807, 2.05) is 32.0 Å². The van der Waals surface area contributed by atoms with Gasteiger partial charge < -0.3 is 14.4 Å². The number of amides is 1. The number of hydrogen-bond donors (Lipinski definition) is 0. The Hall–Kier alpha value is -2.82. The number of ether oxygens (including phenoxy) is 2. The Labute approximate surface area is 147 Å². The van der Waals surface area contributed by atoms with Gasteiger partial charge in [-0.05, 0) is 49.2 Å². The van der Waals surface area contributed by atoms with Crippen LogP contribution in [0.15, 0.2) is 42.5 Å². The molecule has 130 valence electrons. The molecule has 2 aromatic carbocycles. The molecule has 0 aromatic heterocycles. The number of carbonyl (C=O) groups excluding carboxylic acids is 2. The van der Waals surface area contributed by atoms with Gasteiger partial charge in [0.2, 0.25) is 5.91 Å². The molecule has 25 heavy (non-hydrogen) atoms. The van der Waals surface area contributed by atoms with Gasteiger partial charge in [-0.15, -0.1) is 0 Å². The summed E-state index contributed by atoms with van der Waals surface area (Å²) in [6.07, 6.45) is 0.154. The average Bonchev–Trinajstić information content (AvgIpc) is 3.00. The third-order valence-electron chi connectivity index (χ3n) is 4.54. The van der Waals surface area contributed by atoms with Gasteiger partial charge in [0.1, 0.15) is 0 Å². The SMILES string of the molecule is COc1ccccc1OC(=O)[C@@H]1CC(=O)N(c2ccc(C)c(C)c2)C1. The minimum Gasteiger partial charge on any atom is -0.493 e. The van der Waals surface area contributed by atoms with Crippen molar-refractivity contribution in [1.82, 2.24) is 0 Å². The second-order valence-corrected chi connectivity index (χ2v) is 6.25. The highest BCUT2D eigenvalue weighted by Crippen LogP contribution is 2.30. The smallest absolute Gasteiger partial charge is 0.316 e. The first-order valence-electron chi connectivity index (χ1n) is 8.22. The van der Waals surface area contributed by atoms with Gasteiger partial charge in [0.15, 0.2) is 11.5 Å². The van der Waals surface area contributed by atoms with Crippen molar-refractivity contribution in [3.05, 3.63) is 53.6 Å². The van der Waals surface area contributed by atoms with E-state index in [1.54, 1.807) is 29.2 Å². The highest BCUT2D eigenvalue weighted by Gasteiger charge is 2.36. The van der Waals surface area contributed by atoms with E-state index in [-0.39, 0.29) is 12.3 Å². The van der Waals surface area contributed by atoms with Crippen molar-refractivity contribution < 1.29 is 19.1 Å². The molecule has 0 spiro atoms. The Bertz CT molecular complexity index is 815. The molecule has 5 nitrogen and oxygen atoms in total. The van der Waals surface area contributed by atoms with Crippen LogP contribution in [0, 0.1) is 19.8 Å². The summed E-state index contributed by atoms with van der Waals surface area (Å²) in [5.41, 5.74) is 3.11. The second kappa shape index (κ2) is 6.97. The molecule has 5 heteroatoms. The van der Waals surface area contributed by atoms with Gasteiger partial charge in [-0.1, -0.05) is 18.2 Å². The highest BCUT2D eigenvalue weighted by atomic mass is 16.6. The summed E-state index contributed by atoms with van der Waals surface area (Å²) in [6.45, 7) is 4.36. The van der Waals surface area contributed by atoms with E-state index < -0.39 is 11.9 Å². The van der Waals surface area contributed by atoms with Crippen LogP contribution in [0.25, 0.3) is 0 Å². The topological polar surface area (TPSA) is 55.8 Å². The monoisotopic (exact) mass is 339 g/mol. The molecule has 1 fully saturated rings. The normalized spacial score (nSPS) is 16.8. The van der Waals surface area contributed by atoms with Crippen LogP contribution in [-0.2, 0) is 9.59 Å². The summed E-state index contributed by atoms with van der Waals surface area (Å²) >= 11 is 0. The summed E-state index contributed by atoms with van der Waals surface area (Å²) in [4.78, 5) is 26.5. The number of anilines is 1. The van der Waals surface area contributed by atoms with E-state index in [0.29, 0.717) is 18.0 Å². The van der Waals surface area contributed by atoms with Crippen molar-refractivity contribution in [2.75, 3.05) is 18.6 Å². The van der Waals surface area contributed by atoms with E-state index in [4.69, 9.17) is 9.47 Å². The fourth-order valence-electron chi connectivity index (χ4n) is 2.90. The number of hydrogen-bond acceptors (Lipinski definition) is 4. The number of aryl methyl sites for hydroxylation is 2. The minimum atomic E-state index is -0.487. The van der Waals surface area contributed by atoms with Crippen LogP contribution < -0.4 is 14.4 Å². The summed E-state index contributed by atoms with van der Waals surface area (Å²) in [5.74, 6) is -0.105. The fourth-order valence-corrected chi connectivity index (χ4v) is 2.90. The number of rotatable bonds is 4. The Morgan fingerprint density at radius 3 is 2.48 bits per heavy atom. The first-order chi connectivity index (χ1) is 12.0. The van der Waals surface area contributed by atoms with Gasteiger partial charge in [0, 0.05) is 18.7 Å². The van der Waals surface area contributed by atoms with Gasteiger partial charge in [-0.25, -0.2) is 0 Å². The van der Waals surface area contributed by atoms with Crippen molar-refractivity contribution in [2.24, 2.45) is 5.92 Å². The Kier molecular flexibility index (Phi) is 4.74. The summed E-state index contributed by atoms with van der Waals surface area (Å²) in [5, 5.41) is 0. The largest absolute Gasteiger partial charge is 0.493 e. The third-order valence-corrected chi connectivity index (χ3v) is 4.54. The molecule has 1 aliphatic rings. The number of carbonyl (C=O) groups is 2.